The molecular formula is C18H16O3S2. The third kappa shape index (κ3) is 2.75. The van der Waals surface area contributed by atoms with Gasteiger partial charge in [-0.2, -0.15) is 25.3 Å². The van der Waals surface area contributed by atoms with Crippen LogP contribution in [0.15, 0.2) is 51.9 Å². The average molecular weight is 344 g/mol. The van der Waals surface area contributed by atoms with Crippen molar-refractivity contribution in [2.45, 2.75) is 17.9 Å². The maximum absolute atomic E-state index is 12.8. The largest absolute Gasteiger partial charge is 0.513 e. The Morgan fingerprint density at radius 3 is 2.43 bits per heavy atom. The summed E-state index contributed by atoms with van der Waals surface area (Å²) in [6.07, 6.45) is 0.244. The van der Waals surface area contributed by atoms with E-state index in [-0.39, 0.29) is 17.6 Å². The first-order valence-electron chi connectivity index (χ1n) is 7.14. The second-order valence-electron chi connectivity index (χ2n) is 5.36. The normalized spacial score (nSPS) is 11.2. The molecule has 23 heavy (non-hydrogen) atoms. The number of fused-ring (bicyclic) bond motifs is 2. The van der Waals surface area contributed by atoms with E-state index in [0.717, 1.165) is 16.7 Å². The van der Waals surface area contributed by atoms with E-state index in [1.54, 1.807) is 18.2 Å². The number of hydrogen-bond acceptors (Lipinski definition) is 5. The zero-order chi connectivity index (χ0) is 16.6. The summed E-state index contributed by atoms with van der Waals surface area (Å²) >= 11 is 8.70. The zero-order valence-electron chi connectivity index (χ0n) is 12.4. The molecule has 0 bridgehead atoms. The monoisotopic (exact) mass is 344 g/mol. The minimum atomic E-state index is -0.0830. The van der Waals surface area contributed by atoms with Crippen LogP contribution in [0, 0.1) is 0 Å². The molecule has 0 amide bonds. The van der Waals surface area contributed by atoms with Crippen molar-refractivity contribution in [1.29, 1.82) is 0 Å². The van der Waals surface area contributed by atoms with Crippen molar-refractivity contribution in [2.75, 3.05) is 0 Å². The highest BCUT2D eigenvalue weighted by Gasteiger charge is 2.15. The number of allylic oxidation sites excluding steroid dienone is 1. The van der Waals surface area contributed by atoms with E-state index in [4.69, 9.17) is 4.42 Å². The van der Waals surface area contributed by atoms with Crippen LogP contribution in [-0.2, 0) is 17.9 Å². The minimum Gasteiger partial charge on any atom is -0.513 e. The van der Waals surface area contributed by atoms with Crippen molar-refractivity contribution in [3.63, 3.8) is 0 Å². The number of rotatable bonds is 4. The molecule has 0 saturated heterocycles. The fourth-order valence-corrected chi connectivity index (χ4v) is 3.42. The van der Waals surface area contributed by atoms with Gasteiger partial charge in [-0.15, -0.1) is 0 Å². The molecule has 0 unspecified atom stereocenters. The van der Waals surface area contributed by atoms with Gasteiger partial charge in [0.1, 0.15) is 11.2 Å². The average Bonchev–Trinajstić information content (AvgIpc) is 2.54. The highest BCUT2D eigenvalue weighted by molar-refractivity contribution is 7.79. The van der Waals surface area contributed by atoms with Crippen LogP contribution in [0.1, 0.15) is 16.7 Å². The van der Waals surface area contributed by atoms with Gasteiger partial charge in [0, 0.05) is 29.1 Å². The third-order valence-corrected chi connectivity index (χ3v) is 4.53. The molecule has 0 aliphatic rings. The lowest BCUT2D eigenvalue weighted by atomic mass is 10.0. The molecule has 3 aromatic rings. The minimum absolute atomic E-state index is 0.0266. The van der Waals surface area contributed by atoms with Crippen molar-refractivity contribution < 1.29 is 9.52 Å². The molecule has 3 nitrogen and oxygen atoms in total. The van der Waals surface area contributed by atoms with Gasteiger partial charge in [-0.1, -0.05) is 24.8 Å². The van der Waals surface area contributed by atoms with E-state index < -0.39 is 0 Å². The molecule has 0 radical (unpaired) electrons. The van der Waals surface area contributed by atoms with Crippen LogP contribution >= 0.6 is 25.3 Å². The second kappa shape index (κ2) is 6.34. The van der Waals surface area contributed by atoms with Gasteiger partial charge in [0.2, 0.25) is 5.43 Å². The van der Waals surface area contributed by atoms with Gasteiger partial charge >= 0.3 is 0 Å². The highest BCUT2D eigenvalue weighted by atomic mass is 32.1. The number of thiol groups is 2. The van der Waals surface area contributed by atoms with Crippen molar-refractivity contribution in [3.05, 3.63) is 69.6 Å². The number of hydrogen-bond donors (Lipinski definition) is 3. The molecule has 0 fully saturated rings. The quantitative estimate of drug-likeness (QED) is 0.373. The Hall–Kier alpha value is -1.85. The molecule has 118 valence electrons. The van der Waals surface area contributed by atoms with Crippen LogP contribution in [0.2, 0.25) is 0 Å². The first kappa shape index (κ1) is 16.0. The topological polar surface area (TPSA) is 50.4 Å². The summed E-state index contributed by atoms with van der Waals surface area (Å²) in [7, 11) is 0. The maximum Gasteiger partial charge on any atom is 0.200 e. The van der Waals surface area contributed by atoms with Crippen LogP contribution < -0.4 is 5.43 Å². The predicted molar refractivity (Wildman–Crippen MR) is 101 cm³/mol. The standard InChI is InChI=1S/C18H16O3S2/c1-10(19)7-11-3-2-4-13-16(20)14-6-5-12(8-22)15(9-23)18(14)21-17(11)13/h2-6,19,22-23H,1,7-9H2. The summed E-state index contributed by atoms with van der Waals surface area (Å²) in [5.74, 6) is 1.03. The number of aliphatic hydroxyl groups excluding tert-OH is 1. The Balaban J connectivity index is 2.46. The molecule has 1 aromatic heterocycles. The lowest BCUT2D eigenvalue weighted by Gasteiger charge is -2.11. The van der Waals surface area contributed by atoms with Crippen LogP contribution in [0.25, 0.3) is 21.9 Å². The molecule has 0 atom stereocenters. The molecule has 1 heterocycles. The van der Waals surface area contributed by atoms with Crippen LogP contribution in [-0.4, -0.2) is 5.11 Å². The van der Waals surface area contributed by atoms with Gasteiger partial charge in [-0.05, 0) is 17.7 Å². The van der Waals surface area contributed by atoms with Gasteiger partial charge in [0.05, 0.1) is 16.5 Å². The smallest absolute Gasteiger partial charge is 0.200 e. The number of benzene rings is 2. The molecule has 0 aliphatic carbocycles. The zero-order valence-corrected chi connectivity index (χ0v) is 14.2. The van der Waals surface area contributed by atoms with E-state index in [1.165, 1.54) is 0 Å². The van der Waals surface area contributed by atoms with Gasteiger partial charge in [0.15, 0.2) is 0 Å². The molecular weight excluding hydrogens is 328 g/mol. The van der Waals surface area contributed by atoms with Gasteiger partial charge in [0.25, 0.3) is 0 Å². The van der Waals surface area contributed by atoms with Crippen molar-refractivity contribution in [3.8, 4) is 0 Å². The van der Waals surface area contributed by atoms with E-state index in [0.29, 0.717) is 33.4 Å². The molecule has 1 N–H and O–H groups in total. The van der Waals surface area contributed by atoms with Crippen molar-refractivity contribution in [2.24, 2.45) is 0 Å². The number of para-hydroxylation sites is 1. The molecule has 2 aromatic carbocycles. The predicted octanol–water partition coefficient (Wildman–Crippen LogP) is 4.42. The van der Waals surface area contributed by atoms with E-state index in [1.807, 2.05) is 12.1 Å². The molecule has 5 heteroatoms. The van der Waals surface area contributed by atoms with Gasteiger partial charge in [-0.3, -0.25) is 4.79 Å². The lowest BCUT2D eigenvalue weighted by Crippen LogP contribution is -2.06. The van der Waals surface area contributed by atoms with E-state index >= 15 is 0 Å². The van der Waals surface area contributed by atoms with Crippen LogP contribution in [0.5, 0.6) is 0 Å². The molecule has 0 saturated carbocycles. The summed E-state index contributed by atoms with van der Waals surface area (Å²) in [4.78, 5) is 12.8. The summed E-state index contributed by atoms with van der Waals surface area (Å²) in [6.45, 7) is 3.52. The Morgan fingerprint density at radius 2 is 1.78 bits per heavy atom. The highest BCUT2D eigenvalue weighted by Crippen LogP contribution is 2.28. The van der Waals surface area contributed by atoms with Gasteiger partial charge < -0.3 is 9.52 Å². The third-order valence-electron chi connectivity index (χ3n) is 3.87. The molecule has 0 aliphatic heterocycles. The second-order valence-corrected chi connectivity index (χ2v) is 6.00. The Kier molecular flexibility index (Phi) is 4.41. The Bertz CT molecular complexity index is 973. The Labute approximate surface area is 144 Å². The molecule has 3 rings (SSSR count). The number of aliphatic hydroxyl groups is 1. The van der Waals surface area contributed by atoms with Crippen LogP contribution in [0.3, 0.4) is 0 Å². The fraction of sp³-hybridized carbons (Fsp3) is 0.167. The van der Waals surface area contributed by atoms with E-state index in [9.17, 15) is 9.90 Å². The summed E-state index contributed by atoms with van der Waals surface area (Å²) in [6, 6.07) is 9.00. The summed E-state index contributed by atoms with van der Waals surface area (Å²) < 4.78 is 6.09. The summed E-state index contributed by atoms with van der Waals surface area (Å²) in [5, 5.41) is 10.5. The SMILES string of the molecule is C=C(O)Cc1cccc2c(=O)c3ccc(CS)c(CS)c3oc12. The van der Waals surface area contributed by atoms with E-state index in [2.05, 4.69) is 31.8 Å². The Morgan fingerprint density at radius 1 is 1.04 bits per heavy atom. The fourth-order valence-electron chi connectivity index (χ4n) is 2.78. The van der Waals surface area contributed by atoms with Gasteiger partial charge in [-0.25, -0.2) is 0 Å². The summed E-state index contributed by atoms with van der Waals surface area (Å²) in [5.41, 5.74) is 3.54. The first-order valence-corrected chi connectivity index (χ1v) is 8.41. The van der Waals surface area contributed by atoms with Crippen LogP contribution in [0.4, 0.5) is 0 Å². The van der Waals surface area contributed by atoms with Crippen molar-refractivity contribution >= 4 is 47.2 Å². The van der Waals surface area contributed by atoms with Crippen molar-refractivity contribution in [1.82, 2.24) is 0 Å². The first-order chi connectivity index (χ1) is 11.1. The lowest BCUT2D eigenvalue weighted by molar-refractivity contribution is 0.401. The maximum atomic E-state index is 12.8. The molecule has 0 spiro atoms.